The SMILES string of the molecule is CNC(=O)CCN(C)C(=O)NCc1cn(CC(=O)O)nn1. The minimum Gasteiger partial charge on any atom is -0.480 e. The van der Waals surface area contributed by atoms with E-state index in [1.165, 1.54) is 22.8 Å². The van der Waals surface area contributed by atoms with Gasteiger partial charge in [-0.05, 0) is 0 Å². The topological polar surface area (TPSA) is 129 Å². The van der Waals surface area contributed by atoms with Crippen LogP contribution in [0.3, 0.4) is 0 Å². The first kappa shape index (κ1) is 16.4. The molecule has 1 aromatic rings. The number of amides is 3. The Kier molecular flexibility index (Phi) is 6.11. The van der Waals surface area contributed by atoms with Crippen molar-refractivity contribution in [2.45, 2.75) is 19.5 Å². The Morgan fingerprint density at radius 1 is 1.43 bits per heavy atom. The monoisotopic (exact) mass is 298 g/mol. The van der Waals surface area contributed by atoms with Gasteiger partial charge in [0, 0.05) is 27.1 Å². The number of hydrogen-bond donors (Lipinski definition) is 3. The number of carboxylic acid groups (broad SMARTS) is 1. The van der Waals surface area contributed by atoms with Crippen molar-refractivity contribution < 1.29 is 19.5 Å². The summed E-state index contributed by atoms with van der Waals surface area (Å²) in [4.78, 5) is 34.7. The predicted molar refractivity (Wildman–Crippen MR) is 71.2 cm³/mol. The quantitative estimate of drug-likeness (QED) is 0.570. The molecular weight excluding hydrogens is 280 g/mol. The van der Waals surface area contributed by atoms with E-state index in [-0.39, 0.29) is 38.0 Å². The Morgan fingerprint density at radius 2 is 2.14 bits per heavy atom. The van der Waals surface area contributed by atoms with Crippen LogP contribution in [-0.2, 0) is 22.7 Å². The molecule has 0 fully saturated rings. The van der Waals surface area contributed by atoms with Crippen molar-refractivity contribution in [3.05, 3.63) is 11.9 Å². The van der Waals surface area contributed by atoms with Gasteiger partial charge in [-0.25, -0.2) is 9.48 Å². The smallest absolute Gasteiger partial charge is 0.325 e. The summed E-state index contributed by atoms with van der Waals surface area (Å²) in [5, 5.41) is 21.0. The molecule has 21 heavy (non-hydrogen) atoms. The highest BCUT2D eigenvalue weighted by atomic mass is 16.4. The third-order valence-electron chi connectivity index (χ3n) is 2.60. The van der Waals surface area contributed by atoms with E-state index in [0.717, 1.165) is 0 Å². The van der Waals surface area contributed by atoms with Crippen molar-refractivity contribution in [3.63, 3.8) is 0 Å². The molecule has 0 saturated heterocycles. The number of carbonyl (C=O) groups excluding carboxylic acids is 2. The van der Waals surface area contributed by atoms with Gasteiger partial charge in [0.1, 0.15) is 12.2 Å². The molecule has 0 saturated carbocycles. The number of nitrogens with zero attached hydrogens (tertiary/aromatic N) is 4. The van der Waals surface area contributed by atoms with E-state index in [2.05, 4.69) is 20.9 Å². The van der Waals surface area contributed by atoms with Gasteiger partial charge in [0.05, 0.1) is 12.7 Å². The second kappa shape index (κ2) is 7.82. The molecule has 0 aliphatic carbocycles. The first-order valence-electron chi connectivity index (χ1n) is 6.22. The summed E-state index contributed by atoms with van der Waals surface area (Å²) in [6.07, 6.45) is 1.66. The van der Waals surface area contributed by atoms with Crippen LogP contribution in [0, 0.1) is 0 Å². The molecule has 0 aliphatic heterocycles. The van der Waals surface area contributed by atoms with Crippen molar-refractivity contribution >= 4 is 17.9 Å². The molecular formula is C11H18N6O4. The van der Waals surface area contributed by atoms with Gasteiger partial charge in [0.15, 0.2) is 0 Å². The van der Waals surface area contributed by atoms with Crippen molar-refractivity contribution in [3.8, 4) is 0 Å². The first-order valence-corrected chi connectivity index (χ1v) is 6.22. The van der Waals surface area contributed by atoms with E-state index < -0.39 is 5.97 Å². The second-order valence-electron chi connectivity index (χ2n) is 4.30. The molecule has 1 aromatic heterocycles. The van der Waals surface area contributed by atoms with Crippen molar-refractivity contribution in [2.24, 2.45) is 0 Å². The van der Waals surface area contributed by atoms with Gasteiger partial charge < -0.3 is 20.6 Å². The number of carbonyl (C=O) groups is 3. The van der Waals surface area contributed by atoms with Gasteiger partial charge in [0.2, 0.25) is 5.91 Å². The lowest BCUT2D eigenvalue weighted by atomic mass is 10.4. The third-order valence-corrected chi connectivity index (χ3v) is 2.60. The summed E-state index contributed by atoms with van der Waals surface area (Å²) < 4.78 is 1.17. The predicted octanol–water partition coefficient (Wildman–Crippen LogP) is -1.36. The Morgan fingerprint density at radius 3 is 2.76 bits per heavy atom. The number of urea groups is 1. The molecule has 0 radical (unpaired) electrons. The third kappa shape index (κ3) is 5.89. The Hall–Kier alpha value is -2.65. The van der Waals surface area contributed by atoms with E-state index in [0.29, 0.717) is 5.69 Å². The Labute approximate surface area is 121 Å². The zero-order valence-electron chi connectivity index (χ0n) is 11.9. The number of hydrogen-bond acceptors (Lipinski definition) is 5. The highest BCUT2D eigenvalue weighted by Gasteiger charge is 2.11. The van der Waals surface area contributed by atoms with Gasteiger partial charge in [0.25, 0.3) is 0 Å². The fourth-order valence-electron chi connectivity index (χ4n) is 1.43. The van der Waals surface area contributed by atoms with Crippen LogP contribution < -0.4 is 10.6 Å². The van der Waals surface area contributed by atoms with Crippen LogP contribution in [0.5, 0.6) is 0 Å². The maximum Gasteiger partial charge on any atom is 0.325 e. The van der Waals surface area contributed by atoms with Crippen LogP contribution in [0.4, 0.5) is 4.79 Å². The minimum atomic E-state index is -1.02. The van der Waals surface area contributed by atoms with Crippen molar-refractivity contribution in [2.75, 3.05) is 20.6 Å². The van der Waals surface area contributed by atoms with Crippen LogP contribution in [0.25, 0.3) is 0 Å². The molecule has 1 rings (SSSR count). The summed E-state index contributed by atoms with van der Waals surface area (Å²) >= 11 is 0. The van der Waals surface area contributed by atoms with Gasteiger partial charge in [-0.15, -0.1) is 5.10 Å². The lowest BCUT2D eigenvalue weighted by molar-refractivity contribution is -0.138. The Balaban J connectivity index is 2.36. The maximum atomic E-state index is 11.7. The number of carboxylic acids is 1. The molecule has 3 amide bonds. The van der Waals surface area contributed by atoms with Crippen LogP contribution in [0.15, 0.2) is 6.20 Å². The highest BCUT2D eigenvalue weighted by molar-refractivity contribution is 5.77. The average Bonchev–Trinajstić information content (AvgIpc) is 2.88. The summed E-state index contributed by atoms with van der Waals surface area (Å²) in [5.74, 6) is -1.17. The lowest BCUT2D eigenvalue weighted by Crippen LogP contribution is -2.38. The summed E-state index contributed by atoms with van der Waals surface area (Å²) in [7, 11) is 3.10. The fourth-order valence-corrected chi connectivity index (χ4v) is 1.43. The second-order valence-corrected chi connectivity index (χ2v) is 4.30. The molecule has 0 aliphatic rings. The van der Waals surface area contributed by atoms with E-state index in [4.69, 9.17) is 5.11 Å². The molecule has 10 nitrogen and oxygen atoms in total. The van der Waals surface area contributed by atoms with E-state index in [1.54, 1.807) is 7.05 Å². The molecule has 0 bridgehead atoms. The fraction of sp³-hybridized carbons (Fsp3) is 0.545. The van der Waals surface area contributed by atoms with Crippen LogP contribution >= 0.6 is 0 Å². The zero-order chi connectivity index (χ0) is 15.8. The highest BCUT2D eigenvalue weighted by Crippen LogP contribution is 1.95. The maximum absolute atomic E-state index is 11.7. The molecule has 116 valence electrons. The van der Waals surface area contributed by atoms with Gasteiger partial charge in [-0.1, -0.05) is 5.21 Å². The largest absolute Gasteiger partial charge is 0.480 e. The van der Waals surface area contributed by atoms with E-state index in [1.807, 2.05) is 0 Å². The molecule has 0 atom stereocenters. The van der Waals surface area contributed by atoms with E-state index >= 15 is 0 Å². The number of aliphatic carboxylic acids is 1. The summed E-state index contributed by atoms with van der Waals surface area (Å²) in [6.45, 7) is 0.132. The molecule has 0 spiro atoms. The Bertz CT molecular complexity index is 515. The first-order chi connectivity index (χ1) is 9.92. The van der Waals surface area contributed by atoms with Gasteiger partial charge in [-0.2, -0.15) is 0 Å². The average molecular weight is 298 g/mol. The van der Waals surface area contributed by atoms with Gasteiger partial charge >= 0.3 is 12.0 Å². The minimum absolute atomic E-state index is 0.128. The summed E-state index contributed by atoms with van der Waals surface area (Å²) in [6, 6.07) is -0.355. The lowest BCUT2D eigenvalue weighted by Gasteiger charge is -2.16. The molecule has 3 N–H and O–H groups in total. The van der Waals surface area contributed by atoms with Crippen LogP contribution in [0.1, 0.15) is 12.1 Å². The number of aromatic nitrogens is 3. The van der Waals surface area contributed by atoms with Crippen molar-refractivity contribution in [1.82, 2.24) is 30.5 Å². The normalized spacial score (nSPS) is 10.0. The molecule has 10 heteroatoms. The van der Waals surface area contributed by atoms with E-state index in [9.17, 15) is 14.4 Å². The van der Waals surface area contributed by atoms with Crippen LogP contribution in [0.2, 0.25) is 0 Å². The molecule has 1 heterocycles. The number of nitrogens with one attached hydrogen (secondary N) is 2. The van der Waals surface area contributed by atoms with Gasteiger partial charge in [-0.3, -0.25) is 9.59 Å². The molecule has 0 aromatic carbocycles. The standard InChI is InChI=1S/C11H18N6O4/c1-12-9(18)3-4-16(2)11(21)13-5-8-6-17(15-14-8)7-10(19)20/h6H,3-5,7H2,1-2H3,(H,12,18)(H,13,21)(H,19,20). The zero-order valence-corrected chi connectivity index (χ0v) is 11.9. The summed E-state index contributed by atoms with van der Waals surface area (Å²) in [5.41, 5.74) is 0.448. The molecule has 0 unspecified atom stereocenters. The van der Waals surface area contributed by atoms with Crippen molar-refractivity contribution in [1.29, 1.82) is 0 Å². The number of rotatable bonds is 7. The van der Waals surface area contributed by atoms with Crippen LogP contribution in [-0.4, -0.2) is 63.5 Å².